The lowest BCUT2D eigenvalue weighted by atomic mass is 9.43. The van der Waals surface area contributed by atoms with E-state index in [4.69, 9.17) is 4.74 Å². The zero-order valence-electron chi connectivity index (χ0n) is 17.5. The van der Waals surface area contributed by atoms with E-state index < -0.39 is 35.6 Å². The van der Waals surface area contributed by atoms with Crippen molar-refractivity contribution in [2.75, 3.05) is 6.61 Å². The minimum atomic E-state index is -0.660. The second-order valence-corrected chi connectivity index (χ2v) is 10.0. The van der Waals surface area contributed by atoms with Gasteiger partial charge < -0.3 is 14.9 Å². The first-order chi connectivity index (χ1) is 12.6. The van der Waals surface area contributed by atoms with Crippen molar-refractivity contribution < 1.29 is 24.5 Å². The van der Waals surface area contributed by atoms with Gasteiger partial charge in [0.1, 0.15) is 18.5 Å². The molecule has 0 aromatic carbocycles. The van der Waals surface area contributed by atoms with Crippen LogP contribution >= 0.6 is 0 Å². The summed E-state index contributed by atoms with van der Waals surface area (Å²) in [6.45, 7) is 9.90. The van der Waals surface area contributed by atoms with E-state index in [1.165, 1.54) is 0 Å². The van der Waals surface area contributed by atoms with Crippen molar-refractivity contribution in [1.29, 1.82) is 0 Å². The summed E-state index contributed by atoms with van der Waals surface area (Å²) in [7, 11) is 0. The molecule has 3 rings (SSSR count). The maximum Gasteiger partial charge on any atom is 0.332 e. The number of ether oxygens (including phenoxy) is 1. The minimum Gasteiger partial charge on any atom is -0.460 e. The molecule has 154 valence electrons. The summed E-state index contributed by atoms with van der Waals surface area (Å²) in [6.07, 6.45) is 3.53. The molecule has 5 nitrogen and oxygen atoms in total. The Balaban J connectivity index is 2.19. The van der Waals surface area contributed by atoms with Gasteiger partial charge in [0.05, 0.1) is 6.10 Å². The van der Waals surface area contributed by atoms with Crippen LogP contribution in [0, 0.1) is 34.0 Å². The lowest BCUT2D eigenvalue weighted by Gasteiger charge is -2.62. The van der Waals surface area contributed by atoms with Gasteiger partial charge in [0, 0.05) is 17.8 Å². The highest BCUT2D eigenvalue weighted by Gasteiger charge is 2.68. The first-order valence-corrected chi connectivity index (χ1v) is 10.6. The molecule has 3 saturated carbocycles. The normalized spacial score (nSPS) is 49.9. The molecule has 0 aromatic heterocycles. The molecule has 27 heavy (non-hydrogen) atoms. The van der Waals surface area contributed by atoms with E-state index in [-0.39, 0.29) is 29.0 Å². The third-order valence-electron chi connectivity index (χ3n) is 9.11. The van der Waals surface area contributed by atoms with Crippen LogP contribution < -0.4 is 0 Å². The Morgan fingerprint density at radius 3 is 2.52 bits per heavy atom. The van der Waals surface area contributed by atoms with Crippen LogP contribution in [-0.2, 0) is 14.3 Å². The highest BCUT2D eigenvalue weighted by Crippen LogP contribution is 2.68. The number of carbonyl (C=O) groups is 2. The highest BCUT2D eigenvalue weighted by atomic mass is 16.6. The summed E-state index contributed by atoms with van der Waals surface area (Å²) < 4.78 is 5.82. The summed E-state index contributed by atoms with van der Waals surface area (Å²) >= 11 is 0. The number of rotatable bonds is 3. The van der Waals surface area contributed by atoms with Gasteiger partial charge in [-0.05, 0) is 54.8 Å². The van der Waals surface area contributed by atoms with Gasteiger partial charge in [0.2, 0.25) is 0 Å². The van der Waals surface area contributed by atoms with Gasteiger partial charge in [-0.15, -0.1) is 0 Å². The highest BCUT2D eigenvalue weighted by molar-refractivity contribution is 5.85. The fourth-order valence-corrected chi connectivity index (χ4v) is 6.90. The van der Waals surface area contributed by atoms with Crippen LogP contribution in [0.5, 0.6) is 0 Å². The van der Waals surface area contributed by atoms with E-state index >= 15 is 0 Å². The molecular weight excluding hydrogens is 344 g/mol. The third kappa shape index (κ3) is 2.79. The Kier molecular flexibility index (Phi) is 5.26. The van der Waals surface area contributed by atoms with Crippen molar-refractivity contribution >= 4 is 11.8 Å². The second-order valence-electron chi connectivity index (χ2n) is 10.0. The smallest absolute Gasteiger partial charge is 0.332 e. The topological polar surface area (TPSA) is 83.8 Å². The quantitative estimate of drug-likeness (QED) is 0.735. The molecule has 0 aliphatic heterocycles. The molecule has 0 unspecified atom stereocenters. The summed E-state index contributed by atoms with van der Waals surface area (Å²) in [5.74, 6) is -0.320. The number of aliphatic hydroxyl groups excluding tert-OH is 2. The number of aliphatic hydroxyl groups is 2. The van der Waals surface area contributed by atoms with Crippen LogP contribution in [0.25, 0.3) is 0 Å². The van der Waals surface area contributed by atoms with E-state index in [1.807, 2.05) is 0 Å². The van der Waals surface area contributed by atoms with Crippen molar-refractivity contribution in [1.82, 2.24) is 0 Å². The standard InChI is InChI=1S/C22H36O5/c1-6-20(4)11-16(27-17(25)12-23)21(5)13(2)7-9-22(14(3)19(20)26)10-8-15(24)18(21)22/h13-14,16,18-19,23,26H,6-12H2,1-5H3/t13-,14+,16-,18+,19+,20-,21+,22+/m0/s1. The van der Waals surface area contributed by atoms with Crippen molar-refractivity contribution in [2.24, 2.45) is 34.0 Å². The molecule has 0 spiro atoms. The van der Waals surface area contributed by atoms with Crippen molar-refractivity contribution in [2.45, 2.75) is 85.4 Å². The van der Waals surface area contributed by atoms with E-state index in [9.17, 15) is 19.8 Å². The van der Waals surface area contributed by atoms with Crippen LogP contribution in [-0.4, -0.2) is 40.8 Å². The van der Waals surface area contributed by atoms with Crippen molar-refractivity contribution in [3.8, 4) is 0 Å². The van der Waals surface area contributed by atoms with Gasteiger partial charge in [-0.3, -0.25) is 4.79 Å². The monoisotopic (exact) mass is 380 g/mol. The molecule has 3 aliphatic rings. The number of esters is 1. The zero-order valence-corrected chi connectivity index (χ0v) is 17.5. The fourth-order valence-electron chi connectivity index (χ4n) is 6.90. The second kappa shape index (κ2) is 6.84. The lowest BCUT2D eigenvalue weighted by molar-refractivity contribution is -0.213. The van der Waals surface area contributed by atoms with Crippen LogP contribution in [0.2, 0.25) is 0 Å². The molecule has 0 radical (unpaired) electrons. The zero-order chi connectivity index (χ0) is 20.2. The summed E-state index contributed by atoms with van der Waals surface area (Å²) in [5, 5.41) is 20.7. The first kappa shape index (κ1) is 20.8. The molecule has 8 atom stereocenters. The number of Topliss-reactive ketones (excluding diaryl/α,β-unsaturated/α-hetero) is 1. The average molecular weight is 381 g/mol. The van der Waals surface area contributed by atoms with E-state index in [0.29, 0.717) is 12.8 Å². The number of hydrogen-bond acceptors (Lipinski definition) is 5. The molecule has 0 amide bonds. The van der Waals surface area contributed by atoms with Gasteiger partial charge in [-0.1, -0.05) is 34.6 Å². The van der Waals surface area contributed by atoms with Crippen LogP contribution in [0.3, 0.4) is 0 Å². The largest absolute Gasteiger partial charge is 0.460 e. The number of ketones is 1. The summed E-state index contributed by atoms with van der Waals surface area (Å²) in [5.41, 5.74) is -1.10. The molecule has 2 bridgehead atoms. The predicted molar refractivity (Wildman–Crippen MR) is 102 cm³/mol. The van der Waals surface area contributed by atoms with Crippen molar-refractivity contribution in [3.05, 3.63) is 0 Å². The van der Waals surface area contributed by atoms with Gasteiger partial charge in [-0.2, -0.15) is 0 Å². The predicted octanol–water partition coefficient (Wildman–Crippen LogP) is 3.11. The summed E-state index contributed by atoms with van der Waals surface area (Å²) in [4.78, 5) is 25.2. The fraction of sp³-hybridized carbons (Fsp3) is 0.909. The number of carbonyl (C=O) groups excluding carboxylic acids is 2. The first-order valence-electron chi connectivity index (χ1n) is 10.6. The van der Waals surface area contributed by atoms with Crippen molar-refractivity contribution in [3.63, 3.8) is 0 Å². The Morgan fingerprint density at radius 2 is 1.93 bits per heavy atom. The SMILES string of the molecule is CC[C@@]1(C)C[C@H](OC(=O)CO)[C@@]2(C)[C@@H](C)CC[C@@]3(CCC(=O)[C@@H]32)[C@H](C)[C@H]1O. The Labute approximate surface area is 162 Å². The Morgan fingerprint density at radius 1 is 1.26 bits per heavy atom. The van der Waals surface area contributed by atoms with Crippen LogP contribution in [0.1, 0.15) is 73.1 Å². The van der Waals surface area contributed by atoms with Crippen LogP contribution in [0.4, 0.5) is 0 Å². The van der Waals surface area contributed by atoms with E-state index in [0.717, 1.165) is 25.7 Å². The Bertz CT molecular complexity index is 618. The van der Waals surface area contributed by atoms with Gasteiger partial charge in [0.15, 0.2) is 0 Å². The molecule has 0 heterocycles. The molecular formula is C22H36O5. The van der Waals surface area contributed by atoms with E-state index in [1.54, 1.807) is 0 Å². The maximum absolute atomic E-state index is 13.1. The van der Waals surface area contributed by atoms with Gasteiger partial charge >= 0.3 is 5.97 Å². The molecule has 0 aromatic rings. The molecule has 3 aliphatic carbocycles. The molecule has 5 heteroatoms. The van der Waals surface area contributed by atoms with Gasteiger partial charge in [0.25, 0.3) is 0 Å². The van der Waals surface area contributed by atoms with Gasteiger partial charge in [-0.25, -0.2) is 4.79 Å². The van der Waals surface area contributed by atoms with Crippen LogP contribution in [0.15, 0.2) is 0 Å². The molecule has 2 N–H and O–H groups in total. The minimum absolute atomic E-state index is 0.0280. The lowest BCUT2D eigenvalue weighted by Crippen LogP contribution is -2.63. The van der Waals surface area contributed by atoms with E-state index in [2.05, 4.69) is 34.6 Å². The maximum atomic E-state index is 13.1. The molecule has 3 fully saturated rings. The number of hydrogen-bond donors (Lipinski definition) is 2. The third-order valence-corrected chi connectivity index (χ3v) is 9.11. The molecule has 0 saturated heterocycles. The summed E-state index contributed by atoms with van der Waals surface area (Å²) in [6, 6.07) is 0. The average Bonchev–Trinajstić information content (AvgIpc) is 3.00. The Hall–Kier alpha value is -0.940.